The van der Waals surface area contributed by atoms with Crippen molar-refractivity contribution in [3.05, 3.63) is 22.4 Å². The fourth-order valence-electron chi connectivity index (χ4n) is 2.76. The summed E-state index contributed by atoms with van der Waals surface area (Å²) in [5, 5.41) is 7.06. The van der Waals surface area contributed by atoms with Gasteiger partial charge in [-0.05, 0) is 43.2 Å². The fourth-order valence-corrected chi connectivity index (χ4v) is 3.39. The molecule has 2 amide bonds. The van der Waals surface area contributed by atoms with E-state index in [1.54, 1.807) is 0 Å². The van der Waals surface area contributed by atoms with Gasteiger partial charge in [0.25, 0.3) is 5.91 Å². The van der Waals surface area contributed by atoms with E-state index in [2.05, 4.69) is 5.32 Å². The van der Waals surface area contributed by atoms with Gasteiger partial charge in [0.1, 0.15) is 0 Å². The number of nitrogens with zero attached hydrogens (tertiary/aromatic N) is 2. The summed E-state index contributed by atoms with van der Waals surface area (Å²) in [7, 11) is 0. The van der Waals surface area contributed by atoms with E-state index in [1.165, 1.54) is 24.2 Å². The molecule has 0 aromatic carbocycles. The zero-order valence-corrected chi connectivity index (χ0v) is 13.6. The number of amides is 2. The lowest BCUT2D eigenvalue weighted by atomic mass is 10.3. The molecule has 2 heterocycles. The van der Waals surface area contributed by atoms with Gasteiger partial charge in [-0.3, -0.25) is 9.59 Å². The van der Waals surface area contributed by atoms with Gasteiger partial charge in [-0.25, -0.2) is 0 Å². The first-order valence-electron chi connectivity index (χ1n) is 8.04. The highest BCUT2D eigenvalue weighted by atomic mass is 32.1. The molecule has 3 rings (SSSR count). The molecule has 22 heavy (non-hydrogen) atoms. The van der Waals surface area contributed by atoms with Crippen LogP contribution in [0.3, 0.4) is 0 Å². The molecule has 2 aliphatic rings. The summed E-state index contributed by atoms with van der Waals surface area (Å²) in [6, 6.07) is 1.86. The molecule has 0 spiro atoms. The summed E-state index contributed by atoms with van der Waals surface area (Å²) >= 11 is 1.54. The normalized spacial score (nSPS) is 19.1. The Labute approximate surface area is 135 Å². The highest BCUT2D eigenvalue weighted by molar-refractivity contribution is 7.08. The van der Waals surface area contributed by atoms with Crippen LogP contribution in [0.15, 0.2) is 16.8 Å². The minimum absolute atomic E-state index is 0.0856. The lowest BCUT2D eigenvalue weighted by Gasteiger charge is -2.22. The first kappa shape index (κ1) is 15.5. The predicted molar refractivity (Wildman–Crippen MR) is 87.0 cm³/mol. The second kappa shape index (κ2) is 7.24. The molecule has 1 aliphatic heterocycles. The summed E-state index contributed by atoms with van der Waals surface area (Å²) in [4.78, 5) is 28.3. The number of carbonyl (C=O) groups excluding carboxylic acids is 2. The Kier molecular flexibility index (Phi) is 5.10. The number of hydrogen-bond acceptors (Lipinski definition) is 4. The third-order valence-corrected chi connectivity index (χ3v) is 4.99. The van der Waals surface area contributed by atoms with E-state index in [-0.39, 0.29) is 11.8 Å². The Balaban J connectivity index is 1.46. The predicted octanol–water partition coefficient (Wildman–Crippen LogP) is 1.42. The van der Waals surface area contributed by atoms with Gasteiger partial charge >= 0.3 is 0 Å². The smallest absolute Gasteiger partial charge is 0.254 e. The number of nitrogens with one attached hydrogen (secondary N) is 1. The van der Waals surface area contributed by atoms with Crippen LogP contribution >= 0.6 is 11.3 Å². The van der Waals surface area contributed by atoms with Crippen molar-refractivity contribution >= 4 is 23.2 Å². The SMILES string of the molecule is O=C(CNCC1CC1)N1CCCN(C(=O)c2ccsc2)CC1. The Bertz CT molecular complexity index is 513. The quantitative estimate of drug-likeness (QED) is 0.892. The number of thiophene rings is 1. The molecule has 0 atom stereocenters. The van der Waals surface area contributed by atoms with Crippen molar-refractivity contribution in [2.75, 3.05) is 39.3 Å². The molecule has 1 saturated heterocycles. The first-order chi connectivity index (χ1) is 10.7. The van der Waals surface area contributed by atoms with Crippen LogP contribution in [-0.2, 0) is 4.79 Å². The minimum atomic E-state index is 0.0856. The highest BCUT2D eigenvalue weighted by Crippen LogP contribution is 2.27. The summed E-state index contributed by atoms with van der Waals surface area (Å²) in [5.41, 5.74) is 0.760. The van der Waals surface area contributed by atoms with E-state index in [4.69, 9.17) is 0 Å². The number of rotatable bonds is 5. The monoisotopic (exact) mass is 321 g/mol. The molecule has 1 saturated carbocycles. The van der Waals surface area contributed by atoms with Crippen LogP contribution in [-0.4, -0.2) is 60.9 Å². The van der Waals surface area contributed by atoms with Gasteiger partial charge in [0.2, 0.25) is 5.91 Å². The van der Waals surface area contributed by atoms with Crippen LogP contribution in [0.5, 0.6) is 0 Å². The summed E-state index contributed by atoms with van der Waals surface area (Å²) in [6.07, 6.45) is 3.44. The average Bonchev–Trinajstić information content (AvgIpc) is 3.24. The van der Waals surface area contributed by atoms with E-state index in [9.17, 15) is 9.59 Å². The van der Waals surface area contributed by atoms with Crippen molar-refractivity contribution in [2.24, 2.45) is 5.92 Å². The molecule has 120 valence electrons. The van der Waals surface area contributed by atoms with Crippen molar-refractivity contribution in [1.82, 2.24) is 15.1 Å². The van der Waals surface area contributed by atoms with Crippen molar-refractivity contribution in [1.29, 1.82) is 0 Å². The zero-order valence-electron chi connectivity index (χ0n) is 12.8. The van der Waals surface area contributed by atoms with Gasteiger partial charge in [-0.1, -0.05) is 0 Å². The number of carbonyl (C=O) groups is 2. The zero-order chi connectivity index (χ0) is 15.4. The molecule has 0 bridgehead atoms. The Morgan fingerprint density at radius 2 is 1.95 bits per heavy atom. The minimum Gasteiger partial charge on any atom is -0.340 e. The van der Waals surface area contributed by atoms with E-state index in [0.29, 0.717) is 19.6 Å². The molecular formula is C16H23N3O2S. The lowest BCUT2D eigenvalue weighted by molar-refractivity contribution is -0.130. The van der Waals surface area contributed by atoms with Gasteiger partial charge in [0.05, 0.1) is 12.1 Å². The summed E-state index contributed by atoms with van der Waals surface area (Å²) in [5.74, 6) is 1.03. The molecule has 0 radical (unpaired) electrons. The van der Waals surface area contributed by atoms with Gasteiger partial charge in [0, 0.05) is 31.6 Å². The molecule has 5 nitrogen and oxygen atoms in total. The van der Waals surface area contributed by atoms with Crippen LogP contribution in [0.1, 0.15) is 29.6 Å². The molecular weight excluding hydrogens is 298 g/mol. The van der Waals surface area contributed by atoms with Crippen LogP contribution in [0.25, 0.3) is 0 Å². The third kappa shape index (κ3) is 4.08. The van der Waals surface area contributed by atoms with E-state index >= 15 is 0 Å². The van der Waals surface area contributed by atoms with Crippen LogP contribution in [0, 0.1) is 5.92 Å². The molecule has 6 heteroatoms. The molecule has 1 aromatic heterocycles. The van der Waals surface area contributed by atoms with Crippen LogP contribution in [0.4, 0.5) is 0 Å². The van der Waals surface area contributed by atoms with Crippen LogP contribution < -0.4 is 5.32 Å². The van der Waals surface area contributed by atoms with Gasteiger partial charge in [0.15, 0.2) is 0 Å². The average molecular weight is 321 g/mol. The first-order valence-corrected chi connectivity index (χ1v) is 8.98. The Morgan fingerprint density at radius 3 is 2.68 bits per heavy atom. The topological polar surface area (TPSA) is 52.7 Å². The highest BCUT2D eigenvalue weighted by Gasteiger charge is 2.24. The fraction of sp³-hybridized carbons (Fsp3) is 0.625. The Morgan fingerprint density at radius 1 is 1.18 bits per heavy atom. The largest absolute Gasteiger partial charge is 0.340 e. The van der Waals surface area contributed by atoms with Crippen molar-refractivity contribution in [3.63, 3.8) is 0 Å². The Hall–Kier alpha value is -1.40. The van der Waals surface area contributed by atoms with Gasteiger partial charge in [-0.2, -0.15) is 11.3 Å². The summed E-state index contributed by atoms with van der Waals surface area (Å²) in [6.45, 7) is 4.13. The van der Waals surface area contributed by atoms with E-state index in [1.807, 2.05) is 26.6 Å². The van der Waals surface area contributed by atoms with Gasteiger partial charge < -0.3 is 15.1 Å². The maximum Gasteiger partial charge on any atom is 0.254 e. The summed E-state index contributed by atoms with van der Waals surface area (Å²) < 4.78 is 0. The van der Waals surface area contributed by atoms with Crippen molar-refractivity contribution in [3.8, 4) is 0 Å². The standard InChI is InChI=1S/C16H23N3O2S/c20-15(11-17-10-13-2-3-13)18-5-1-6-19(8-7-18)16(21)14-4-9-22-12-14/h4,9,12-13,17H,1-3,5-8,10-11H2. The molecule has 1 aromatic rings. The van der Waals surface area contributed by atoms with Crippen molar-refractivity contribution in [2.45, 2.75) is 19.3 Å². The lowest BCUT2D eigenvalue weighted by Crippen LogP contribution is -2.41. The van der Waals surface area contributed by atoms with E-state index < -0.39 is 0 Å². The molecule has 1 aliphatic carbocycles. The molecule has 0 unspecified atom stereocenters. The van der Waals surface area contributed by atoms with Crippen LogP contribution in [0.2, 0.25) is 0 Å². The van der Waals surface area contributed by atoms with Crippen molar-refractivity contribution < 1.29 is 9.59 Å². The third-order valence-electron chi connectivity index (χ3n) is 4.31. The second-order valence-electron chi connectivity index (χ2n) is 6.11. The van der Waals surface area contributed by atoms with Gasteiger partial charge in [-0.15, -0.1) is 0 Å². The second-order valence-corrected chi connectivity index (χ2v) is 6.89. The number of hydrogen-bond donors (Lipinski definition) is 1. The maximum absolute atomic E-state index is 12.4. The van der Waals surface area contributed by atoms with E-state index in [0.717, 1.165) is 37.5 Å². The maximum atomic E-state index is 12.4. The molecule has 1 N–H and O–H groups in total. The molecule has 2 fully saturated rings.